The molecule has 136 valence electrons. The Bertz CT molecular complexity index is 1020. The molecule has 26 heavy (non-hydrogen) atoms. The van der Waals surface area contributed by atoms with E-state index in [1.807, 2.05) is 0 Å². The number of hydrogen-bond acceptors (Lipinski definition) is 2. The van der Waals surface area contributed by atoms with Gasteiger partial charge in [-0.15, -0.1) is 0 Å². The molecule has 0 aromatic heterocycles. The summed E-state index contributed by atoms with van der Waals surface area (Å²) < 4.78 is 53.4. The summed E-state index contributed by atoms with van der Waals surface area (Å²) in [7, 11) is -3.91. The first kappa shape index (κ1) is 19.1. The van der Waals surface area contributed by atoms with Crippen molar-refractivity contribution in [2.24, 2.45) is 0 Å². The van der Waals surface area contributed by atoms with E-state index in [1.165, 1.54) is 30.3 Å². The minimum Gasteiger partial charge on any atom is -0.228 e. The molecule has 2 aromatic rings. The van der Waals surface area contributed by atoms with E-state index in [0.29, 0.717) is 0 Å². The van der Waals surface area contributed by atoms with Crippen LogP contribution in [0.2, 0.25) is 10.0 Å². The molecular formula is C19H14Cl2F2O2S. The van der Waals surface area contributed by atoms with Gasteiger partial charge in [0.2, 0.25) is 5.67 Å². The fourth-order valence-electron chi connectivity index (χ4n) is 2.94. The largest absolute Gasteiger partial charge is 0.228 e. The van der Waals surface area contributed by atoms with Gasteiger partial charge in [0.05, 0.1) is 10.0 Å². The Balaban J connectivity index is 2.22. The zero-order chi connectivity index (χ0) is 19.2. The van der Waals surface area contributed by atoms with E-state index in [0.717, 1.165) is 24.5 Å². The van der Waals surface area contributed by atoms with Crippen LogP contribution in [-0.2, 0) is 20.3 Å². The first-order chi connectivity index (χ1) is 12.1. The van der Waals surface area contributed by atoms with E-state index >= 15 is 4.39 Å². The number of sulfone groups is 1. The van der Waals surface area contributed by atoms with Crippen molar-refractivity contribution >= 4 is 33.0 Å². The molecule has 2 unspecified atom stereocenters. The minimum absolute atomic E-state index is 0.0706. The van der Waals surface area contributed by atoms with E-state index in [4.69, 9.17) is 23.2 Å². The van der Waals surface area contributed by atoms with Crippen molar-refractivity contribution in [1.29, 1.82) is 0 Å². The molecule has 7 heteroatoms. The van der Waals surface area contributed by atoms with Crippen LogP contribution in [0.25, 0.3) is 0 Å². The molecule has 0 radical (unpaired) electrons. The summed E-state index contributed by atoms with van der Waals surface area (Å²) in [4.78, 5) is 0. The van der Waals surface area contributed by atoms with Crippen LogP contribution in [-0.4, -0.2) is 14.7 Å². The molecule has 1 aliphatic carbocycles. The van der Waals surface area contributed by atoms with Gasteiger partial charge in [-0.25, -0.2) is 17.2 Å². The van der Waals surface area contributed by atoms with Gasteiger partial charge in [-0.3, -0.25) is 0 Å². The van der Waals surface area contributed by atoms with Crippen LogP contribution in [0, 0.1) is 0 Å². The molecule has 0 fully saturated rings. The lowest BCUT2D eigenvalue weighted by molar-refractivity contribution is 0.232. The zero-order valence-electron chi connectivity index (χ0n) is 13.6. The van der Waals surface area contributed by atoms with E-state index in [2.05, 4.69) is 0 Å². The van der Waals surface area contributed by atoms with Crippen LogP contribution in [0.4, 0.5) is 8.78 Å². The Labute approximate surface area is 160 Å². The molecule has 0 saturated carbocycles. The Morgan fingerprint density at radius 1 is 0.923 bits per heavy atom. The summed E-state index contributed by atoms with van der Waals surface area (Å²) in [5.74, 6) is -1.21. The van der Waals surface area contributed by atoms with Crippen molar-refractivity contribution in [2.75, 3.05) is 6.26 Å². The molecule has 1 aliphatic rings. The second-order valence-electron chi connectivity index (χ2n) is 6.10. The maximum atomic E-state index is 15.3. The van der Waals surface area contributed by atoms with E-state index in [9.17, 15) is 12.8 Å². The monoisotopic (exact) mass is 414 g/mol. The lowest BCUT2D eigenvalue weighted by Gasteiger charge is -2.33. The third kappa shape index (κ3) is 2.98. The summed E-state index contributed by atoms with van der Waals surface area (Å²) in [5, 5.41) is 0.349. The average molecular weight is 415 g/mol. The average Bonchev–Trinajstić information content (AvgIpc) is 2.59. The topological polar surface area (TPSA) is 34.1 Å². The Hall–Kier alpha value is -1.69. The van der Waals surface area contributed by atoms with Crippen molar-refractivity contribution in [3.8, 4) is 0 Å². The van der Waals surface area contributed by atoms with Gasteiger partial charge < -0.3 is 0 Å². The van der Waals surface area contributed by atoms with E-state index < -0.39 is 26.1 Å². The summed E-state index contributed by atoms with van der Waals surface area (Å²) in [5.41, 5.74) is -2.29. The van der Waals surface area contributed by atoms with Gasteiger partial charge in [0.15, 0.2) is 9.84 Å². The second-order valence-corrected chi connectivity index (χ2v) is 9.13. The Morgan fingerprint density at radius 2 is 1.58 bits per heavy atom. The highest BCUT2D eigenvalue weighted by molar-refractivity contribution is 7.92. The predicted octanol–water partition coefficient (Wildman–Crippen LogP) is 5.52. The van der Waals surface area contributed by atoms with Crippen LogP contribution in [0.3, 0.4) is 0 Å². The minimum atomic E-state index is -3.91. The van der Waals surface area contributed by atoms with Gasteiger partial charge in [0.25, 0.3) is 0 Å². The number of rotatable bonds is 3. The highest BCUT2D eigenvalue weighted by Gasteiger charge is 2.47. The van der Waals surface area contributed by atoms with Gasteiger partial charge in [0, 0.05) is 6.26 Å². The molecule has 0 saturated heterocycles. The van der Waals surface area contributed by atoms with Gasteiger partial charge in [-0.1, -0.05) is 65.7 Å². The van der Waals surface area contributed by atoms with Crippen molar-refractivity contribution < 1.29 is 17.2 Å². The standard InChI is InChI=1S/C19H14Cl2F2O2S/c1-26(24,25)18(14-7-8-15(20)16(21)11-14)9-10-19(23,17(22)12-18)13-5-3-2-4-6-13/h2-12H,1H3. The van der Waals surface area contributed by atoms with Crippen LogP contribution in [0.15, 0.2) is 72.6 Å². The SMILES string of the molecule is CS(=O)(=O)C1(c2ccc(Cl)c(Cl)c2)C=CC(F)(c2ccccc2)C(F)=C1. The molecule has 2 aromatic carbocycles. The van der Waals surface area contributed by atoms with Gasteiger partial charge in [-0.2, -0.15) is 0 Å². The van der Waals surface area contributed by atoms with Crippen molar-refractivity contribution in [3.63, 3.8) is 0 Å². The lowest BCUT2D eigenvalue weighted by atomic mass is 9.84. The maximum Gasteiger partial charge on any atom is 0.205 e. The fraction of sp³-hybridized carbons (Fsp3) is 0.158. The number of hydrogen-bond donors (Lipinski definition) is 0. The third-order valence-electron chi connectivity index (χ3n) is 4.43. The molecule has 0 bridgehead atoms. The van der Waals surface area contributed by atoms with Crippen LogP contribution in [0.1, 0.15) is 11.1 Å². The molecule has 0 aliphatic heterocycles. The Morgan fingerprint density at radius 3 is 2.12 bits per heavy atom. The van der Waals surface area contributed by atoms with Crippen molar-refractivity contribution in [3.05, 3.63) is 93.8 Å². The zero-order valence-corrected chi connectivity index (χ0v) is 15.9. The number of benzene rings is 2. The highest BCUT2D eigenvalue weighted by atomic mass is 35.5. The van der Waals surface area contributed by atoms with Gasteiger partial charge >= 0.3 is 0 Å². The maximum absolute atomic E-state index is 15.3. The highest BCUT2D eigenvalue weighted by Crippen LogP contribution is 2.47. The van der Waals surface area contributed by atoms with Crippen LogP contribution < -0.4 is 0 Å². The molecular weight excluding hydrogens is 401 g/mol. The molecule has 0 N–H and O–H groups in total. The van der Waals surface area contributed by atoms with Gasteiger partial charge in [0.1, 0.15) is 10.6 Å². The summed E-state index contributed by atoms with van der Waals surface area (Å²) in [6.45, 7) is 0. The quantitative estimate of drug-likeness (QED) is 0.619. The number of halogens is 4. The number of alkyl halides is 1. The molecule has 2 nitrogen and oxygen atoms in total. The summed E-state index contributed by atoms with van der Waals surface area (Å²) >= 11 is 11.9. The molecule has 0 heterocycles. The van der Waals surface area contributed by atoms with E-state index in [-0.39, 0.29) is 21.2 Å². The first-order valence-electron chi connectivity index (χ1n) is 7.59. The number of allylic oxidation sites excluding steroid dienone is 2. The third-order valence-corrected chi connectivity index (χ3v) is 6.88. The first-order valence-corrected chi connectivity index (χ1v) is 10.2. The molecule has 3 rings (SSSR count). The van der Waals surface area contributed by atoms with Crippen molar-refractivity contribution in [2.45, 2.75) is 10.4 Å². The smallest absolute Gasteiger partial charge is 0.205 e. The predicted molar refractivity (Wildman–Crippen MR) is 101 cm³/mol. The van der Waals surface area contributed by atoms with E-state index in [1.54, 1.807) is 18.2 Å². The molecule has 0 amide bonds. The van der Waals surface area contributed by atoms with Crippen LogP contribution in [0.5, 0.6) is 0 Å². The second kappa shape index (κ2) is 6.48. The summed E-state index contributed by atoms with van der Waals surface area (Å²) in [6.07, 6.45) is 3.82. The normalized spacial score (nSPS) is 25.8. The van der Waals surface area contributed by atoms with Crippen molar-refractivity contribution in [1.82, 2.24) is 0 Å². The van der Waals surface area contributed by atoms with Crippen LogP contribution >= 0.6 is 23.2 Å². The molecule has 0 spiro atoms. The lowest BCUT2D eigenvalue weighted by Crippen LogP contribution is -2.36. The van der Waals surface area contributed by atoms with Gasteiger partial charge in [-0.05, 0) is 35.4 Å². The fourth-order valence-corrected chi connectivity index (χ4v) is 4.42. The summed E-state index contributed by atoms with van der Waals surface area (Å²) in [6, 6.07) is 11.9. The molecule has 2 atom stereocenters. The Kier molecular flexibility index (Phi) is 4.76.